The Hall–Kier alpha value is -3.14. The SMILES string of the molecule is CCOC(=O)C1CCN(C(=O)c2csc(CN(Cc3ccc(Cl)cc3)Cc3ccc4c(c3)OCO4)n2)CC1. The number of thiazole rings is 1. The first kappa shape index (κ1) is 26.5. The number of nitrogens with zero attached hydrogens (tertiary/aromatic N) is 3. The third-order valence-corrected chi connectivity index (χ3v) is 7.78. The number of rotatable bonds is 9. The van der Waals surface area contributed by atoms with Gasteiger partial charge in [-0.25, -0.2) is 4.98 Å². The van der Waals surface area contributed by atoms with Gasteiger partial charge >= 0.3 is 5.97 Å². The molecule has 0 bridgehead atoms. The third-order valence-electron chi connectivity index (χ3n) is 6.69. The van der Waals surface area contributed by atoms with E-state index >= 15 is 0 Å². The van der Waals surface area contributed by atoms with Crippen LogP contribution in [0.15, 0.2) is 47.8 Å². The zero-order chi connectivity index (χ0) is 26.5. The maximum atomic E-state index is 13.1. The molecule has 8 nitrogen and oxygen atoms in total. The molecule has 2 aliphatic heterocycles. The Kier molecular flexibility index (Phi) is 8.46. The van der Waals surface area contributed by atoms with Gasteiger partial charge in [-0.15, -0.1) is 11.3 Å². The number of fused-ring (bicyclic) bond motifs is 1. The minimum Gasteiger partial charge on any atom is -0.466 e. The fourth-order valence-electron chi connectivity index (χ4n) is 4.73. The third kappa shape index (κ3) is 6.46. The summed E-state index contributed by atoms with van der Waals surface area (Å²) in [4.78, 5) is 33.9. The summed E-state index contributed by atoms with van der Waals surface area (Å²) in [6, 6.07) is 13.8. The van der Waals surface area contributed by atoms with Crippen molar-refractivity contribution in [2.45, 2.75) is 39.4 Å². The molecule has 10 heteroatoms. The van der Waals surface area contributed by atoms with E-state index in [1.165, 1.54) is 11.3 Å². The summed E-state index contributed by atoms with van der Waals surface area (Å²) < 4.78 is 16.1. The first-order valence-electron chi connectivity index (χ1n) is 12.7. The molecule has 0 radical (unpaired) electrons. The molecule has 3 aromatic rings. The molecule has 0 unspecified atom stereocenters. The van der Waals surface area contributed by atoms with E-state index in [1.54, 1.807) is 4.90 Å². The topological polar surface area (TPSA) is 81.2 Å². The Labute approximate surface area is 231 Å². The summed E-state index contributed by atoms with van der Waals surface area (Å²) in [5.74, 6) is 1.12. The number of benzene rings is 2. The minimum absolute atomic E-state index is 0.0881. The molecule has 38 heavy (non-hydrogen) atoms. The van der Waals surface area contributed by atoms with Gasteiger partial charge < -0.3 is 19.1 Å². The second-order valence-corrected chi connectivity index (χ2v) is 10.8. The largest absolute Gasteiger partial charge is 0.466 e. The van der Waals surface area contributed by atoms with E-state index in [4.69, 9.17) is 30.8 Å². The molecular weight excluding hydrogens is 526 g/mol. The Morgan fingerprint density at radius 3 is 2.53 bits per heavy atom. The van der Waals surface area contributed by atoms with Gasteiger partial charge in [0.1, 0.15) is 10.7 Å². The van der Waals surface area contributed by atoms with E-state index < -0.39 is 0 Å². The number of hydrogen-bond donors (Lipinski definition) is 0. The lowest BCUT2D eigenvalue weighted by molar-refractivity contribution is -0.149. The van der Waals surface area contributed by atoms with Crippen LogP contribution in [-0.2, 0) is 29.2 Å². The summed E-state index contributed by atoms with van der Waals surface area (Å²) in [6.07, 6.45) is 1.23. The number of esters is 1. The van der Waals surface area contributed by atoms with Gasteiger partial charge in [-0.05, 0) is 55.2 Å². The lowest BCUT2D eigenvalue weighted by Gasteiger charge is -2.30. The average molecular weight is 556 g/mol. The van der Waals surface area contributed by atoms with Crippen molar-refractivity contribution in [3.63, 3.8) is 0 Å². The van der Waals surface area contributed by atoms with Crippen LogP contribution in [0.25, 0.3) is 0 Å². The van der Waals surface area contributed by atoms with Crippen LogP contribution in [0.4, 0.5) is 0 Å². The molecule has 0 aliphatic carbocycles. The zero-order valence-corrected chi connectivity index (χ0v) is 22.8. The van der Waals surface area contributed by atoms with Crippen LogP contribution in [0, 0.1) is 5.92 Å². The summed E-state index contributed by atoms with van der Waals surface area (Å²) in [5, 5.41) is 3.39. The lowest BCUT2D eigenvalue weighted by Crippen LogP contribution is -2.40. The number of ether oxygens (including phenoxy) is 3. The molecule has 2 aromatic carbocycles. The predicted octanol–water partition coefficient (Wildman–Crippen LogP) is 5.14. The molecule has 3 heterocycles. The number of aromatic nitrogens is 1. The van der Waals surface area contributed by atoms with Gasteiger partial charge in [-0.2, -0.15) is 0 Å². The highest BCUT2D eigenvalue weighted by Gasteiger charge is 2.29. The molecule has 5 rings (SSSR count). The molecule has 1 amide bonds. The Morgan fingerprint density at radius 2 is 1.76 bits per heavy atom. The number of hydrogen-bond acceptors (Lipinski definition) is 8. The van der Waals surface area contributed by atoms with E-state index in [0.717, 1.165) is 27.6 Å². The van der Waals surface area contributed by atoms with Gasteiger partial charge in [-0.3, -0.25) is 14.5 Å². The summed E-state index contributed by atoms with van der Waals surface area (Å²) in [7, 11) is 0. The second-order valence-electron chi connectivity index (χ2n) is 9.40. The van der Waals surface area contributed by atoms with Crippen molar-refractivity contribution >= 4 is 34.8 Å². The monoisotopic (exact) mass is 555 g/mol. The van der Waals surface area contributed by atoms with Gasteiger partial charge in [0.05, 0.1) is 19.1 Å². The maximum absolute atomic E-state index is 13.1. The summed E-state index contributed by atoms with van der Waals surface area (Å²) in [6.45, 7) is 5.43. The van der Waals surface area contributed by atoms with Crippen molar-refractivity contribution in [2.75, 3.05) is 26.5 Å². The first-order valence-corrected chi connectivity index (χ1v) is 14.0. The van der Waals surface area contributed by atoms with Crippen molar-refractivity contribution in [2.24, 2.45) is 5.92 Å². The van der Waals surface area contributed by atoms with Gasteiger partial charge in [-0.1, -0.05) is 29.8 Å². The molecule has 0 atom stereocenters. The number of carbonyl (C=O) groups is 2. The van der Waals surface area contributed by atoms with Crippen molar-refractivity contribution in [1.29, 1.82) is 0 Å². The van der Waals surface area contributed by atoms with Gasteiger partial charge in [0.2, 0.25) is 6.79 Å². The van der Waals surface area contributed by atoms with Crippen molar-refractivity contribution < 1.29 is 23.8 Å². The Balaban J connectivity index is 1.25. The van der Waals surface area contributed by atoms with E-state index in [-0.39, 0.29) is 24.6 Å². The Bertz CT molecular complexity index is 1270. The van der Waals surface area contributed by atoms with Crippen LogP contribution in [0.3, 0.4) is 0 Å². The highest BCUT2D eigenvalue weighted by atomic mass is 35.5. The van der Waals surface area contributed by atoms with Crippen LogP contribution in [-0.4, -0.2) is 53.1 Å². The van der Waals surface area contributed by atoms with Gasteiger partial charge in [0, 0.05) is 36.6 Å². The highest BCUT2D eigenvalue weighted by molar-refractivity contribution is 7.09. The number of piperidine rings is 1. The molecule has 200 valence electrons. The summed E-state index contributed by atoms with van der Waals surface area (Å²) in [5.41, 5.74) is 2.68. The molecule has 0 N–H and O–H groups in total. The van der Waals surface area contributed by atoms with Crippen LogP contribution in [0.2, 0.25) is 5.02 Å². The highest BCUT2D eigenvalue weighted by Crippen LogP contribution is 2.33. The second kappa shape index (κ2) is 12.1. The summed E-state index contributed by atoms with van der Waals surface area (Å²) >= 11 is 7.58. The average Bonchev–Trinajstić information content (AvgIpc) is 3.59. The lowest BCUT2D eigenvalue weighted by atomic mass is 9.97. The van der Waals surface area contributed by atoms with Crippen LogP contribution in [0.1, 0.15) is 46.4 Å². The number of carbonyl (C=O) groups excluding carboxylic acids is 2. The van der Waals surface area contributed by atoms with E-state index in [2.05, 4.69) is 4.90 Å². The van der Waals surface area contributed by atoms with Gasteiger partial charge in [0.25, 0.3) is 5.91 Å². The normalized spacial score (nSPS) is 15.2. The van der Waals surface area contributed by atoms with Crippen molar-refractivity contribution in [3.05, 3.63) is 74.7 Å². The van der Waals surface area contributed by atoms with Crippen molar-refractivity contribution in [1.82, 2.24) is 14.8 Å². The molecule has 2 aliphatic rings. The van der Waals surface area contributed by atoms with E-state index in [0.29, 0.717) is 62.9 Å². The van der Waals surface area contributed by atoms with Crippen molar-refractivity contribution in [3.8, 4) is 11.5 Å². The quantitative estimate of drug-likeness (QED) is 0.338. The fourth-order valence-corrected chi connectivity index (χ4v) is 5.66. The number of halogens is 1. The Morgan fingerprint density at radius 1 is 1.05 bits per heavy atom. The fraction of sp³-hybridized carbons (Fsp3) is 0.393. The number of likely N-dealkylation sites (tertiary alicyclic amines) is 1. The maximum Gasteiger partial charge on any atom is 0.309 e. The molecule has 1 fully saturated rings. The van der Waals surface area contributed by atoms with E-state index in [1.807, 2.05) is 54.8 Å². The van der Waals surface area contributed by atoms with Gasteiger partial charge in [0.15, 0.2) is 11.5 Å². The smallest absolute Gasteiger partial charge is 0.309 e. The van der Waals surface area contributed by atoms with E-state index in [9.17, 15) is 9.59 Å². The molecule has 0 saturated carbocycles. The van der Waals surface area contributed by atoms with Crippen LogP contribution < -0.4 is 9.47 Å². The molecule has 0 spiro atoms. The van der Waals surface area contributed by atoms with Crippen LogP contribution >= 0.6 is 22.9 Å². The molecule has 1 saturated heterocycles. The number of amides is 1. The predicted molar refractivity (Wildman–Crippen MR) is 144 cm³/mol. The molecular formula is C28H30ClN3O5S. The first-order chi connectivity index (χ1) is 18.5. The minimum atomic E-state index is -0.168. The molecule has 1 aromatic heterocycles. The standard InChI is InChI=1S/C28H30ClN3O5S/c1-2-35-28(34)21-9-11-32(12-10-21)27(33)23-17-38-26(30-23)16-31(14-19-3-6-22(29)7-4-19)15-20-5-8-24-25(13-20)37-18-36-24/h3-8,13,17,21H,2,9-12,14-16,18H2,1H3. The zero-order valence-electron chi connectivity index (χ0n) is 21.2. The van der Waals surface area contributed by atoms with Crippen LogP contribution in [0.5, 0.6) is 11.5 Å².